The van der Waals surface area contributed by atoms with Crippen LogP contribution in [0.25, 0.3) is 11.1 Å². The maximum Gasteiger partial charge on any atom is 0.253 e. The van der Waals surface area contributed by atoms with Gasteiger partial charge in [0.1, 0.15) is 0 Å². The van der Waals surface area contributed by atoms with Crippen LogP contribution < -0.4 is 10.9 Å². The molecule has 1 aliphatic heterocycles. The van der Waals surface area contributed by atoms with Crippen LogP contribution in [0.4, 0.5) is 5.69 Å². The van der Waals surface area contributed by atoms with Gasteiger partial charge >= 0.3 is 0 Å². The molecule has 20 heavy (non-hydrogen) atoms. The van der Waals surface area contributed by atoms with Gasteiger partial charge in [0.2, 0.25) is 5.91 Å². The van der Waals surface area contributed by atoms with Gasteiger partial charge in [-0.2, -0.15) is 0 Å². The van der Waals surface area contributed by atoms with Crippen molar-refractivity contribution < 1.29 is 4.79 Å². The molecule has 0 unspecified atom stereocenters. The summed E-state index contributed by atoms with van der Waals surface area (Å²) in [6.45, 7) is 1.82. The molecule has 0 spiro atoms. The number of fused-ring (bicyclic) bond motifs is 1. The summed E-state index contributed by atoms with van der Waals surface area (Å²) in [6.07, 6.45) is 3.14. The van der Waals surface area contributed by atoms with Gasteiger partial charge in [0.15, 0.2) is 0 Å². The fourth-order valence-corrected chi connectivity index (χ4v) is 2.60. The molecule has 0 saturated carbocycles. The Labute approximate surface area is 117 Å². The maximum absolute atomic E-state index is 11.7. The van der Waals surface area contributed by atoms with Gasteiger partial charge in [0, 0.05) is 30.9 Å². The van der Waals surface area contributed by atoms with Crippen LogP contribution in [0.1, 0.15) is 17.5 Å². The molecule has 1 amide bonds. The van der Waals surface area contributed by atoms with E-state index < -0.39 is 0 Å². The van der Waals surface area contributed by atoms with Crippen molar-refractivity contribution in [1.29, 1.82) is 0 Å². The lowest BCUT2D eigenvalue weighted by atomic mass is 9.97. The molecule has 1 N–H and O–H groups in total. The van der Waals surface area contributed by atoms with E-state index in [0.717, 1.165) is 34.4 Å². The number of nitrogens with one attached hydrogen (secondary N) is 1. The number of benzene rings is 1. The first kappa shape index (κ1) is 12.7. The Balaban J connectivity index is 2.08. The van der Waals surface area contributed by atoms with Crippen molar-refractivity contribution in [3.05, 3.63) is 51.9 Å². The third kappa shape index (κ3) is 2.13. The monoisotopic (exact) mass is 268 g/mol. The number of rotatable bonds is 1. The van der Waals surface area contributed by atoms with Crippen LogP contribution in [-0.2, 0) is 18.3 Å². The lowest BCUT2D eigenvalue weighted by molar-refractivity contribution is -0.116. The van der Waals surface area contributed by atoms with Crippen molar-refractivity contribution in [2.75, 3.05) is 5.32 Å². The quantitative estimate of drug-likeness (QED) is 0.862. The Morgan fingerprint density at radius 3 is 2.65 bits per heavy atom. The number of aromatic nitrogens is 1. The van der Waals surface area contributed by atoms with E-state index in [4.69, 9.17) is 0 Å². The van der Waals surface area contributed by atoms with Crippen molar-refractivity contribution in [3.63, 3.8) is 0 Å². The number of aryl methyl sites for hydroxylation is 3. The number of hydrogen-bond donors (Lipinski definition) is 1. The molecule has 102 valence electrons. The van der Waals surface area contributed by atoms with E-state index in [2.05, 4.69) is 11.4 Å². The fraction of sp³-hybridized carbons (Fsp3) is 0.250. The smallest absolute Gasteiger partial charge is 0.253 e. The van der Waals surface area contributed by atoms with Gasteiger partial charge in [-0.15, -0.1) is 0 Å². The van der Waals surface area contributed by atoms with Gasteiger partial charge in [-0.3, -0.25) is 9.59 Å². The second kappa shape index (κ2) is 4.63. The van der Waals surface area contributed by atoms with Crippen LogP contribution in [0.5, 0.6) is 0 Å². The Bertz CT molecular complexity index is 733. The number of carbonyl (C=O) groups is 1. The summed E-state index contributed by atoms with van der Waals surface area (Å²) >= 11 is 0. The minimum absolute atomic E-state index is 0.0268. The van der Waals surface area contributed by atoms with Crippen molar-refractivity contribution >= 4 is 11.6 Å². The van der Waals surface area contributed by atoms with Crippen LogP contribution in [-0.4, -0.2) is 10.5 Å². The lowest BCUT2D eigenvalue weighted by Gasteiger charge is -2.18. The summed E-state index contributed by atoms with van der Waals surface area (Å²) < 4.78 is 1.60. The van der Waals surface area contributed by atoms with Gasteiger partial charge in [-0.05, 0) is 48.2 Å². The lowest BCUT2D eigenvalue weighted by Crippen LogP contribution is -2.19. The molecule has 2 aromatic rings. The van der Waals surface area contributed by atoms with Gasteiger partial charge in [0.25, 0.3) is 5.56 Å². The second-order valence-corrected chi connectivity index (χ2v) is 5.25. The summed E-state index contributed by atoms with van der Waals surface area (Å²) in [4.78, 5) is 23.1. The largest absolute Gasteiger partial charge is 0.326 e. The first-order valence-electron chi connectivity index (χ1n) is 6.65. The highest BCUT2D eigenvalue weighted by Crippen LogP contribution is 2.28. The van der Waals surface area contributed by atoms with E-state index in [0.29, 0.717) is 6.42 Å². The summed E-state index contributed by atoms with van der Waals surface area (Å²) in [6, 6.07) is 7.91. The zero-order valence-electron chi connectivity index (χ0n) is 11.6. The van der Waals surface area contributed by atoms with E-state index in [-0.39, 0.29) is 11.5 Å². The van der Waals surface area contributed by atoms with Crippen molar-refractivity contribution in [1.82, 2.24) is 4.57 Å². The third-order valence-corrected chi connectivity index (χ3v) is 3.70. The molecule has 1 aromatic heterocycles. The Hall–Kier alpha value is -2.36. The van der Waals surface area contributed by atoms with E-state index in [9.17, 15) is 9.59 Å². The van der Waals surface area contributed by atoms with Crippen molar-refractivity contribution in [2.24, 2.45) is 7.05 Å². The van der Waals surface area contributed by atoms with Crippen LogP contribution >= 0.6 is 0 Å². The fourth-order valence-electron chi connectivity index (χ4n) is 2.60. The van der Waals surface area contributed by atoms with E-state index in [1.54, 1.807) is 11.6 Å². The zero-order chi connectivity index (χ0) is 14.3. The molecule has 2 heterocycles. The van der Waals surface area contributed by atoms with E-state index in [1.807, 2.05) is 31.3 Å². The average molecular weight is 268 g/mol. The molecular formula is C16H16N2O2. The molecule has 4 heteroatoms. The predicted molar refractivity (Wildman–Crippen MR) is 78.8 cm³/mol. The van der Waals surface area contributed by atoms with Gasteiger partial charge in [-0.25, -0.2) is 0 Å². The zero-order valence-corrected chi connectivity index (χ0v) is 11.6. The summed E-state index contributed by atoms with van der Waals surface area (Å²) in [7, 11) is 1.76. The maximum atomic E-state index is 11.7. The van der Waals surface area contributed by atoms with Gasteiger partial charge in [0.05, 0.1) is 0 Å². The molecule has 0 bridgehead atoms. The predicted octanol–water partition coefficient (Wildman–Crippen LogP) is 2.25. The van der Waals surface area contributed by atoms with Gasteiger partial charge in [-0.1, -0.05) is 6.07 Å². The number of nitrogens with zero attached hydrogens (tertiary/aromatic N) is 1. The molecule has 1 aliphatic rings. The van der Waals surface area contributed by atoms with Gasteiger partial charge < -0.3 is 9.88 Å². The molecule has 3 rings (SSSR count). The van der Waals surface area contributed by atoms with Crippen LogP contribution in [0.2, 0.25) is 0 Å². The van der Waals surface area contributed by atoms with Crippen LogP contribution in [0, 0.1) is 6.92 Å². The Morgan fingerprint density at radius 2 is 1.90 bits per heavy atom. The molecule has 4 nitrogen and oxygen atoms in total. The second-order valence-electron chi connectivity index (χ2n) is 5.25. The minimum Gasteiger partial charge on any atom is -0.326 e. The number of hydrogen-bond acceptors (Lipinski definition) is 2. The average Bonchev–Trinajstić information content (AvgIpc) is 2.43. The Morgan fingerprint density at radius 1 is 1.10 bits per heavy atom. The molecular weight excluding hydrogens is 252 g/mol. The SMILES string of the molecule is Cc1cc(-c2ccc3c(c2)CCC(=O)N3)cn(C)c1=O. The number of pyridine rings is 1. The van der Waals surface area contributed by atoms with Crippen molar-refractivity contribution in [2.45, 2.75) is 19.8 Å². The summed E-state index contributed by atoms with van der Waals surface area (Å²) in [5.74, 6) is 0.0724. The molecule has 1 aromatic carbocycles. The van der Waals surface area contributed by atoms with Crippen LogP contribution in [0.15, 0.2) is 35.3 Å². The molecule has 0 fully saturated rings. The minimum atomic E-state index is 0.0268. The number of anilines is 1. The highest BCUT2D eigenvalue weighted by molar-refractivity contribution is 5.94. The van der Waals surface area contributed by atoms with Crippen LogP contribution in [0.3, 0.4) is 0 Å². The first-order valence-corrected chi connectivity index (χ1v) is 6.65. The number of carbonyl (C=O) groups excluding carboxylic acids is 1. The third-order valence-electron chi connectivity index (χ3n) is 3.70. The normalized spacial score (nSPS) is 13.8. The highest BCUT2D eigenvalue weighted by atomic mass is 16.1. The van der Waals surface area contributed by atoms with E-state index in [1.165, 1.54) is 0 Å². The van der Waals surface area contributed by atoms with E-state index >= 15 is 0 Å². The molecule has 0 aliphatic carbocycles. The molecule has 0 atom stereocenters. The summed E-state index contributed by atoms with van der Waals surface area (Å²) in [5.41, 5.74) is 4.89. The standard InChI is InChI=1S/C16H16N2O2/c1-10-7-13(9-18(2)16(10)20)11-3-5-14-12(8-11)4-6-15(19)17-14/h3,5,7-9H,4,6H2,1-2H3,(H,17,19). The number of amides is 1. The summed E-state index contributed by atoms with van der Waals surface area (Å²) in [5, 5.41) is 2.88. The van der Waals surface area contributed by atoms with Crippen molar-refractivity contribution in [3.8, 4) is 11.1 Å². The molecule has 0 saturated heterocycles. The topological polar surface area (TPSA) is 51.1 Å². The highest BCUT2D eigenvalue weighted by Gasteiger charge is 2.15. The first-order chi connectivity index (χ1) is 9.54. The molecule has 0 radical (unpaired) electrons. The Kier molecular flexibility index (Phi) is 2.93.